The van der Waals surface area contributed by atoms with Crippen LogP contribution in [0.4, 0.5) is 5.69 Å². The first-order valence-corrected chi connectivity index (χ1v) is 11.4. The zero-order valence-electron chi connectivity index (χ0n) is 17.9. The van der Waals surface area contributed by atoms with Gasteiger partial charge in [-0.3, -0.25) is 4.90 Å². The van der Waals surface area contributed by atoms with E-state index in [1.807, 2.05) is 24.3 Å². The van der Waals surface area contributed by atoms with Crippen molar-refractivity contribution in [1.82, 2.24) is 10.2 Å². The number of hydrogen-bond donors (Lipinski definition) is 1. The average Bonchev–Trinajstić information content (AvgIpc) is 3.56. The molecule has 2 atom stereocenters. The lowest BCUT2D eigenvalue weighted by atomic mass is 9.82. The summed E-state index contributed by atoms with van der Waals surface area (Å²) >= 11 is 0. The number of hydrogen-bond acceptors (Lipinski definition) is 5. The van der Waals surface area contributed by atoms with Crippen LogP contribution in [0.25, 0.3) is 0 Å². The molecule has 5 rings (SSSR count). The standard InChI is InChI=1S/C26H29N5/c27-13-12-26(18-30(19-26)23-8-6-20(17-28)7-9-23)31-14-10-22(11-15-31)29-25-16-24(25)21-4-2-1-3-5-21/h1-9,22,24-25,29H,10-12,14-16,18-19H2/t24-,25+/m0/s1. The lowest BCUT2D eigenvalue weighted by Crippen LogP contribution is -2.71. The molecule has 31 heavy (non-hydrogen) atoms. The van der Waals surface area contributed by atoms with E-state index in [9.17, 15) is 5.26 Å². The van der Waals surface area contributed by atoms with E-state index < -0.39 is 0 Å². The van der Waals surface area contributed by atoms with Crippen molar-refractivity contribution in [2.24, 2.45) is 0 Å². The highest BCUT2D eigenvalue weighted by molar-refractivity contribution is 5.53. The van der Waals surface area contributed by atoms with E-state index in [2.05, 4.69) is 57.6 Å². The highest BCUT2D eigenvalue weighted by atomic mass is 15.4. The van der Waals surface area contributed by atoms with Gasteiger partial charge in [-0.2, -0.15) is 10.5 Å². The molecule has 2 aromatic carbocycles. The van der Waals surface area contributed by atoms with Crippen molar-refractivity contribution < 1.29 is 0 Å². The van der Waals surface area contributed by atoms with Gasteiger partial charge < -0.3 is 10.2 Å². The van der Waals surface area contributed by atoms with Gasteiger partial charge in [0.15, 0.2) is 0 Å². The minimum absolute atomic E-state index is 0.0280. The molecular weight excluding hydrogens is 382 g/mol. The molecule has 2 heterocycles. The summed E-state index contributed by atoms with van der Waals surface area (Å²) in [6.07, 6.45) is 4.14. The van der Waals surface area contributed by atoms with Crippen molar-refractivity contribution >= 4 is 5.69 Å². The molecule has 2 saturated heterocycles. The van der Waals surface area contributed by atoms with Crippen LogP contribution >= 0.6 is 0 Å². The number of likely N-dealkylation sites (tertiary alicyclic amines) is 1. The molecule has 0 spiro atoms. The molecular formula is C26H29N5. The molecule has 0 unspecified atom stereocenters. The fourth-order valence-corrected chi connectivity index (χ4v) is 5.44. The molecule has 1 N–H and O–H groups in total. The lowest BCUT2D eigenvalue weighted by molar-refractivity contribution is 0.0357. The first kappa shape index (κ1) is 20.1. The summed E-state index contributed by atoms with van der Waals surface area (Å²) in [4.78, 5) is 4.90. The SMILES string of the molecule is N#CCC1(N2CCC(N[C@@H]3C[C@H]3c3ccccc3)CC2)CN(c2ccc(C#N)cc2)C1. The van der Waals surface area contributed by atoms with Gasteiger partial charge in [0.1, 0.15) is 0 Å². The van der Waals surface area contributed by atoms with E-state index in [1.165, 1.54) is 12.0 Å². The molecule has 0 aromatic heterocycles. The van der Waals surface area contributed by atoms with Gasteiger partial charge in [0.2, 0.25) is 0 Å². The maximum absolute atomic E-state index is 9.50. The van der Waals surface area contributed by atoms with Crippen molar-refractivity contribution in [2.45, 2.75) is 49.2 Å². The molecule has 0 bridgehead atoms. The monoisotopic (exact) mass is 411 g/mol. The van der Waals surface area contributed by atoms with Gasteiger partial charge in [-0.1, -0.05) is 30.3 Å². The van der Waals surface area contributed by atoms with Gasteiger partial charge in [0, 0.05) is 49.9 Å². The Labute approximate surface area is 184 Å². The Kier molecular flexibility index (Phi) is 5.40. The Morgan fingerprint density at radius 2 is 1.68 bits per heavy atom. The first-order valence-electron chi connectivity index (χ1n) is 11.4. The maximum Gasteiger partial charge on any atom is 0.0991 e. The minimum atomic E-state index is -0.0280. The Morgan fingerprint density at radius 1 is 0.968 bits per heavy atom. The summed E-state index contributed by atoms with van der Waals surface area (Å²) in [5.74, 6) is 0.678. The summed E-state index contributed by atoms with van der Waals surface area (Å²) in [6.45, 7) is 3.90. The normalized spacial score (nSPS) is 25.3. The van der Waals surface area contributed by atoms with Crippen LogP contribution in [0.1, 0.15) is 42.7 Å². The third-order valence-corrected chi connectivity index (χ3v) is 7.37. The fourth-order valence-electron chi connectivity index (χ4n) is 5.44. The Balaban J connectivity index is 1.14. The summed E-state index contributed by atoms with van der Waals surface area (Å²) in [7, 11) is 0. The molecule has 5 heteroatoms. The Hall–Kier alpha value is -2.86. The van der Waals surface area contributed by atoms with E-state index in [4.69, 9.17) is 5.26 Å². The Morgan fingerprint density at radius 3 is 2.32 bits per heavy atom. The smallest absolute Gasteiger partial charge is 0.0991 e. The molecule has 2 aliphatic heterocycles. The van der Waals surface area contributed by atoms with Crippen molar-refractivity contribution in [3.63, 3.8) is 0 Å². The minimum Gasteiger partial charge on any atom is -0.368 e. The van der Waals surface area contributed by atoms with Crippen molar-refractivity contribution in [3.05, 3.63) is 65.7 Å². The topological polar surface area (TPSA) is 66.1 Å². The lowest BCUT2D eigenvalue weighted by Gasteiger charge is -2.57. The molecule has 0 amide bonds. The molecule has 2 aromatic rings. The Bertz CT molecular complexity index is 973. The predicted octanol–water partition coefficient (Wildman–Crippen LogP) is 3.64. The third-order valence-electron chi connectivity index (χ3n) is 7.37. The molecule has 1 aliphatic carbocycles. The van der Waals surface area contributed by atoms with Crippen LogP contribution in [0.15, 0.2) is 54.6 Å². The second-order valence-electron chi connectivity index (χ2n) is 9.36. The van der Waals surface area contributed by atoms with Crippen LogP contribution < -0.4 is 10.2 Å². The molecule has 158 valence electrons. The zero-order chi connectivity index (χ0) is 21.3. The van der Waals surface area contributed by atoms with Gasteiger partial charge in [-0.15, -0.1) is 0 Å². The number of nitrogens with zero attached hydrogens (tertiary/aromatic N) is 4. The number of anilines is 1. The average molecular weight is 412 g/mol. The number of benzene rings is 2. The number of nitriles is 2. The van der Waals surface area contributed by atoms with Crippen LogP contribution in [-0.4, -0.2) is 48.7 Å². The summed E-state index contributed by atoms with van der Waals surface area (Å²) in [5.41, 5.74) is 3.26. The van der Waals surface area contributed by atoms with Gasteiger partial charge in [-0.05, 0) is 49.1 Å². The van der Waals surface area contributed by atoms with Crippen molar-refractivity contribution in [1.29, 1.82) is 10.5 Å². The highest BCUT2D eigenvalue weighted by Crippen LogP contribution is 2.42. The maximum atomic E-state index is 9.50. The van der Waals surface area contributed by atoms with Gasteiger partial charge in [-0.25, -0.2) is 0 Å². The first-order chi connectivity index (χ1) is 15.2. The van der Waals surface area contributed by atoms with E-state index in [1.54, 1.807) is 0 Å². The second-order valence-corrected chi connectivity index (χ2v) is 9.36. The van der Waals surface area contributed by atoms with Crippen LogP contribution in [0, 0.1) is 22.7 Å². The molecule has 0 radical (unpaired) electrons. The van der Waals surface area contributed by atoms with E-state index in [0.29, 0.717) is 30.0 Å². The van der Waals surface area contributed by atoms with Crippen LogP contribution in [0.2, 0.25) is 0 Å². The number of nitrogens with one attached hydrogen (secondary N) is 1. The molecule has 5 nitrogen and oxygen atoms in total. The zero-order valence-corrected chi connectivity index (χ0v) is 17.9. The molecule has 1 saturated carbocycles. The summed E-state index contributed by atoms with van der Waals surface area (Å²) < 4.78 is 0. The van der Waals surface area contributed by atoms with E-state index >= 15 is 0 Å². The quantitative estimate of drug-likeness (QED) is 0.786. The van der Waals surface area contributed by atoms with Crippen LogP contribution in [-0.2, 0) is 0 Å². The van der Waals surface area contributed by atoms with Crippen molar-refractivity contribution in [3.8, 4) is 12.1 Å². The molecule has 3 aliphatic rings. The van der Waals surface area contributed by atoms with E-state index in [-0.39, 0.29) is 5.54 Å². The predicted molar refractivity (Wildman–Crippen MR) is 122 cm³/mol. The van der Waals surface area contributed by atoms with Gasteiger partial charge >= 0.3 is 0 Å². The fraction of sp³-hybridized carbons (Fsp3) is 0.462. The summed E-state index contributed by atoms with van der Waals surface area (Å²) in [5, 5.41) is 22.4. The van der Waals surface area contributed by atoms with Crippen LogP contribution in [0.3, 0.4) is 0 Å². The largest absolute Gasteiger partial charge is 0.368 e. The highest BCUT2D eigenvalue weighted by Gasteiger charge is 2.49. The van der Waals surface area contributed by atoms with Crippen molar-refractivity contribution in [2.75, 3.05) is 31.1 Å². The van der Waals surface area contributed by atoms with Gasteiger partial charge in [0.05, 0.1) is 29.7 Å². The number of piperidine rings is 1. The summed E-state index contributed by atoms with van der Waals surface area (Å²) in [6, 6.07) is 24.5. The third kappa shape index (κ3) is 4.04. The van der Waals surface area contributed by atoms with Gasteiger partial charge in [0.25, 0.3) is 0 Å². The molecule has 3 fully saturated rings. The number of rotatable bonds is 6. The van der Waals surface area contributed by atoms with Crippen LogP contribution in [0.5, 0.6) is 0 Å². The van der Waals surface area contributed by atoms with E-state index in [0.717, 1.165) is 44.7 Å². The second kappa shape index (κ2) is 8.35.